The van der Waals surface area contributed by atoms with E-state index in [1.54, 1.807) is 0 Å². The number of thioether (sulfide) groups is 1. The van der Waals surface area contributed by atoms with E-state index in [-0.39, 0.29) is 5.75 Å². The van der Waals surface area contributed by atoms with E-state index in [1.165, 1.54) is 11.8 Å². The molecule has 7 heteroatoms. The van der Waals surface area contributed by atoms with Crippen LogP contribution in [-0.2, 0) is 10.0 Å². The maximum absolute atomic E-state index is 11.9. The van der Waals surface area contributed by atoms with Crippen molar-refractivity contribution in [2.45, 2.75) is 18.7 Å². The molecule has 0 saturated carbocycles. The second-order valence-electron chi connectivity index (χ2n) is 4.66. The molecule has 0 aliphatic heterocycles. The smallest absolute Gasteiger partial charge is 0.212 e. The van der Waals surface area contributed by atoms with Crippen molar-refractivity contribution in [1.29, 1.82) is 0 Å². The van der Waals surface area contributed by atoms with Crippen molar-refractivity contribution in [3.05, 3.63) is 24.3 Å². The number of nitrogen functional groups attached to an aromatic ring is 1. The number of benzene rings is 1. The van der Waals surface area contributed by atoms with E-state index in [2.05, 4.69) is 23.5 Å². The van der Waals surface area contributed by atoms with Crippen LogP contribution in [-0.4, -0.2) is 51.0 Å². The summed E-state index contributed by atoms with van der Waals surface area (Å²) >= 11 is 1.50. The predicted octanol–water partition coefficient (Wildman–Crippen LogP) is 1.62. The molecule has 120 valence electrons. The van der Waals surface area contributed by atoms with E-state index in [9.17, 15) is 8.42 Å². The van der Waals surface area contributed by atoms with Gasteiger partial charge in [-0.05, 0) is 31.3 Å². The van der Waals surface area contributed by atoms with Gasteiger partial charge in [-0.2, -0.15) is 0 Å². The van der Waals surface area contributed by atoms with Gasteiger partial charge in [0.25, 0.3) is 0 Å². The maximum Gasteiger partial charge on any atom is 0.212 e. The molecule has 0 heterocycles. The molecule has 0 aliphatic rings. The first kappa shape index (κ1) is 18.3. The zero-order valence-electron chi connectivity index (χ0n) is 12.7. The van der Waals surface area contributed by atoms with Crippen LogP contribution in [0.25, 0.3) is 0 Å². The first-order valence-corrected chi connectivity index (χ1v) is 9.78. The fourth-order valence-corrected chi connectivity index (χ4v) is 4.23. The molecular weight excluding hydrogens is 306 g/mol. The Morgan fingerprint density at radius 1 is 1.29 bits per heavy atom. The number of nitrogens with two attached hydrogens (primary N) is 1. The number of nitrogens with one attached hydrogen (secondary N) is 1. The zero-order chi connectivity index (χ0) is 15.7. The van der Waals surface area contributed by atoms with Gasteiger partial charge in [-0.25, -0.2) is 13.1 Å². The second-order valence-corrected chi connectivity index (χ2v) is 7.76. The maximum atomic E-state index is 11.9. The van der Waals surface area contributed by atoms with Crippen LogP contribution in [0.4, 0.5) is 5.69 Å². The van der Waals surface area contributed by atoms with Crippen LogP contribution in [0.1, 0.15) is 13.8 Å². The molecule has 0 amide bonds. The monoisotopic (exact) mass is 331 g/mol. The molecule has 3 N–H and O–H groups in total. The van der Waals surface area contributed by atoms with E-state index in [1.807, 2.05) is 24.3 Å². The minimum Gasteiger partial charge on any atom is -0.399 e. The molecule has 0 atom stereocenters. The SMILES string of the molecule is CCN(CC)CCNS(=O)(=O)CCSc1cccc(N)c1. The third-order valence-corrected chi connectivity index (χ3v) is 5.76. The number of sulfonamides is 1. The highest BCUT2D eigenvalue weighted by molar-refractivity contribution is 8.00. The highest BCUT2D eigenvalue weighted by Gasteiger charge is 2.10. The Balaban J connectivity index is 2.29. The number of likely N-dealkylation sites (N-methyl/N-ethyl adjacent to an activating group) is 1. The summed E-state index contributed by atoms with van der Waals surface area (Å²) in [6.45, 7) is 7.22. The first-order valence-electron chi connectivity index (χ1n) is 7.15. The van der Waals surface area contributed by atoms with Crippen LogP contribution in [0.5, 0.6) is 0 Å². The van der Waals surface area contributed by atoms with Gasteiger partial charge < -0.3 is 10.6 Å². The Hall–Kier alpha value is -0.760. The molecule has 0 aliphatic carbocycles. The summed E-state index contributed by atoms with van der Waals surface area (Å²) < 4.78 is 26.4. The summed E-state index contributed by atoms with van der Waals surface area (Å²) in [5.74, 6) is 0.634. The lowest BCUT2D eigenvalue weighted by molar-refractivity contribution is 0.309. The molecule has 0 radical (unpaired) electrons. The minimum absolute atomic E-state index is 0.116. The second kappa shape index (κ2) is 9.30. The Kier molecular flexibility index (Phi) is 8.10. The van der Waals surface area contributed by atoms with E-state index in [0.29, 0.717) is 18.0 Å². The van der Waals surface area contributed by atoms with E-state index in [0.717, 1.165) is 24.5 Å². The molecule has 1 rings (SSSR count). The van der Waals surface area contributed by atoms with Crippen molar-refractivity contribution in [3.8, 4) is 0 Å². The van der Waals surface area contributed by atoms with Crippen molar-refractivity contribution in [2.24, 2.45) is 0 Å². The van der Waals surface area contributed by atoms with Gasteiger partial charge in [0.1, 0.15) is 0 Å². The Morgan fingerprint density at radius 2 is 2.00 bits per heavy atom. The van der Waals surface area contributed by atoms with Crippen LogP contribution >= 0.6 is 11.8 Å². The summed E-state index contributed by atoms with van der Waals surface area (Å²) in [5.41, 5.74) is 6.38. The van der Waals surface area contributed by atoms with E-state index < -0.39 is 10.0 Å². The molecule has 0 bridgehead atoms. The van der Waals surface area contributed by atoms with Gasteiger partial charge in [-0.3, -0.25) is 0 Å². The zero-order valence-corrected chi connectivity index (χ0v) is 14.3. The fourth-order valence-electron chi connectivity index (χ4n) is 1.84. The van der Waals surface area contributed by atoms with Crippen LogP contribution in [0.15, 0.2) is 29.2 Å². The van der Waals surface area contributed by atoms with Crippen LogP contribution in [0.3, 0.4) is 0 Å². The predicted molar refractivity (Wildman–Crippen MR) is 91.2 cm³/mol. The van der Waals surface area contributed by atoms with Gasteiger partial charge in [0.05, 0.1) is 5.75 Å². The number of hydrogen-bond acceptors (Lipinski definition) is 5. The lowest BCUT2D eigenvalue weighted by Crippen LogP contribution is -2.36. The van der Waals surface area contributed by atoms with Crippen LogP contribution in [0, 0.1) is 0 Å². The fraction of sp³-hybridized carbons (Fsp3) is 0.571. The highest BCUT2D eigenvalue weighted by atomic mass is 32.2. The lowest BCUT2D eigenvalue weighted by Gasteiger charge is -2.17. The minimum atomic E-state index is -3.20. The van der Waals surface area contributed by atoms with Crippen LogP contribution in [0.2, 0.25) is 0 Å². The third-order valence-electron chi connectivity index (χ3n) is 3.12. The molecule has 0 fully saturated rings. The largest absolute Gasteiger partial charge is 0.399 e. The Labute approximate surface area is 132 Å². The molecular formula is C14H25N3O2S2. The molecule has 21 heavy (non-hydrogen) atoms. The van der Waals surface area contributed by atoms with Gasteiger partial charge in [-0.15, -0.1) is 11.8 Å². The lowest BCUT2D eigenvalue weighted by atomic mass is 10.3. The number of anilines is 1. The van der Waals surface area contributed by atoms with Crippen LogP contribution < -0.4 is 10.5 Å². The van der Waals surface area contributed by atoms with E-state index >= 15 is 0 Å². The van der Waals surface area contributed by atoms with Gasteiger partial charge in [-0.1, -0.05) is 19.9 Å². The van der Waals surface area contributed by atoms with Gasteiger partial charge in [0, 0.05) is 29.4 Å². The summed E-state index contributed by atoms with van der Waals surface area (Å²) in [7, 11) is -3.20. The van der Waals surface area contributed by atoms with Crippen molar-refractivity contribution >= 4 is 27.5 Å². The summed E-state index contributed by atoms with van der Waals surface area (Å²) in [6, 6.07) is 7.47. The summed E-state index contributed by atoms with van der Waals surface area (Å²) in [5, 5.41) is 0. The number of rotatable bonds is 10. The highest BCUT2D eigenvalue weighted by Crippen LogP contribution is 2.20. The third kappa shape index (κ3) is 7.71. The average Bonchev–Trinajstić information content (AvgIpc) is 2.43. The van der Waals surface area contributed by atoms with Crippen molar-refractivity contribution in [1.82, 2.24) is 9.62 Å². The molecule has 5 nitrogen and oxygen atoms in total. The molecule has 1 aromatic carbocycles. The summed E-state index contributed by atoms with van der Waals surface area (Å²) in [4.78, 5) is 3.18. The van der Waals surface area contributed by atoms with E-state index in [4.69, 9.17) is 5.73 Å². The van der Waals surface area contributed by atoms with Gasteiger partial charge in [0.2, 0.25) is 10.0 Å². The molecule has 1 aromatic rings. The first-order chi connectivity index (χ1) is 9.96. The normalized spacial score (nSPS) is 12.0. The standard InChI is InChI=1S/C14H25N3O2S2/c1-3-17(4-2)9-8-16-21(18,19)11-10-20-14-7-5-6-13(15)12-14/h5-7,12,16H,3-4,8-11,15H2,1-2H3. The van der Waals surface area contributed by atoms with Crippen molar-refractivity contribution < 1.29 is 8.42 Å². The quantitative estimate of drug-likeness (QED) is 0.503. The van der Waals surface area contributed by atoms with Crippen molar-refractivity contribution in [2.75, 3.05) is 43.4 Å². The topological polar surface area (TPSA) is 75.4 Å². The molecule has 0 saturated heterocycles. The van der Waals surface area contributed by atoms with Gasteiger partial charge >= 0.3 is 0 Å². The number of nitrogens with zero attached hydrogens (tertiary/aromatic N) is 1. The summed E-state index contributed by atoms with van der Waals surface area (Å²) in [6.07, 6.45) is 0. The average molecular weight is 332 g/mol. The Morgan fingerprint density at radius 3 is 2.62 bits per heavy atom. The number of hydrogen-bond donors (Lipinski definition) is 2. The molecule has 0 aromatic heterocycles. The van der Waals surface area contributed by atoms with Crippen molar-refractivity contribution in [3.63, 3.8) is 0 Å². The van der Waals surface area contributed by atoms with Gasteiger partial charge in [0.15, 0.2) is 0 Å². The Bertz CT molecular complexity index is 517. The molecule has 0 unspecified atom stereocenters. The molecule has 0 spiro atoms.